The number of carboxylic acid groups (broad SMARTS) is 1. The van der Waals surface area contributed by atoms with Crippen molar-refractivity contribution in [2.75, 3.05) is 13.1 Å². The monoisotopic (exact) mass is 195 g/mol. The summed E-state index contributed by atoms with van der Waals surface area (Å²) < 4.78 is 5.44. The Morgan fingerprint density at radius 3 is 2.93 bits per heavy atom. The molecule has 4 heteroatoms. The van der Waals surface area contributed by atoms with Crippen molar-refractivity contribution in [3.05, 3.63) is 23.7 Å². The largest absolute Gasteiger partial charge is 0.481 e. The van der Waals surface area contributed by atoms with E-state index in [-0.39, 0.29) is 11.8 Å². The molecule has 0 aliphatic carbocycles. The molecule has 1 aliphatic heterocycles. The van der Waals surface area contributed by atoms with E-state index in [1.165, 1.54) is 0 Å². The summed E-state index contributed by atoms with van der Waals surface area (Å²) >= 11 is 0. The SMILES string of the molecule is Cc1ccc([C@H]2CNC[C@@H]2C(=O)O)o1. The van der Waals surface area contributed by atoms with E-state index in [2.05, 4.69) is 5.32 Å². The summed E-state index contributed by atoms with van der Waals surface area (Å²) in [5.74, 6) is 0.465. The molecular weight excluding hydrogens is 182 g/mol. The zero-order chi connectivity index (χ0) is 10.1. The second-order valence-electron chi connectivity index (χ2n) is 3.66. The average Bonchev–Trinajstić information content (AvgIpc) is 2.70. The minimum atomic E-state index is -0.756. The molecule has 4 nitrogen and oxygen atoms in total. The molecule has 0 bridgehead atoms. The highest BCUT2D eigenvalue weighted by Gasteiger charge is 2.35. The first-order chi connectivity index (χ1) is 6.68. The Labute approximate surface area is 81.9 Å². The number of carboxylic acids is 1. The molecule has 1 aromatic heterocycles. The van der Waals surface area contributed by atoms with Crippen molar-refractivity contribution in [3.63, 3.8) is 0 Å². The summed E-state index contributed by atoms with van der Waals surface area (Å²) in [5, 5.41) is 12.0. The minimum Gasteiger partial charge on any atom is -0.481 e. The molecule has 14 heavy (non-hydrogen) atoms. The van der Waals surface area contributed by atoms with Gasteiger partial charge < -0.3 is 14.8 Å². The third-order valence-corrected chi connectivity index (χ3v) is 2.66. The topological polar surface area (TPSA) is 62.5 Å². The number of aliphatic carboxylic acids is 1. The number of rotatable bonds is 2. The molecule has 0 aromatic carbocycles. The van der Waals surface area contributed by atoms with Crippen LogP contribution in [0.4, 0.5) is 0 Å². The molecule has 0 saturated carbocycles. The van der Waals surface area contributed by atoms with Crippen molar-refractivity contribution in [3.8, 4) is 0 Å². The van der Waals surface area contributed by atoms with E-state index in [1.54, 1.807) is 0 Å². The maximum Gasteiger partial charge on any atom is 0.308 e. The standard InChI is InChI=1S/C10H13NO3/c1-6-2-3-9(14-6)7-4-11-5-8(7)10(12)13/h2-3,7-8,11H,4-5H2,1H3,(H,12,13)/t7-,8-/m0/s1. The van der Waals surface area contributed by atoms with Crippen LogP contribution in [0.1, 0.15) is 17.4 Å². The van der Waals surface area contributed by atoms with E-state index in [9.17, 15) is 4.79 Å². The van der Waals surface area contributed by atoms with Crippen molar-refractivity contribution in [2.45, 2.75) is 12.8 Å². The summed E-state index contributed by atoms with van der Waals surface area (Å²) in [5.41, 5.74) is 0. The Balaban J connectivity index is 2.21. The molecule has 2 heterocycles. The van der Waals surface area contributed by atoms with E-state index in [0.717, 1.165) is 11.5 Å². The van der Waals surface area contributed by atoms with Crippen LogP contribution in [0.2, 0.25) is 0 Å². The van der Waals surface area contributed by atoms with Crippen molar-refractivity contribution >= 4 is 5.97 Å². The summed E-state index contributed by atoms with van der Waals surface area (Å²) in [6.07, 6.45) is 0. The molecule has 0 unspecified atom stereocenters. The van der Waals surface area contributed by atoms with E-state index in [1.807, 2.05) is 19.1 Å². The van der Waals surface area contributed by atoms with Gasteiger partial charge in [-0.15, -0.1) is 0 Å². The lowest BCUT2D eigenvalue weighted by molar-refractivity contribution is -0.141. The lowest BCUT2D eigenvalue weighted by atomic mass is 9.94. The molecule has 2 atom stereocenters. The van der Waals surface area contributed by atoms with Crippen LogP contribution < -0.4 is 5.32 Å². The van der Waals surface area contributed by atoms with Gasteiger partial charge in [-0.25, -0.2) is 0 Å². The Morgan fingerprint density at radius 1 is 1.57 bits per heavy atom. The molecule has 1 aliphatic rings. The highest BCUT2D eigenvalue weighted by Crippen LogP contribution is 2.29. The highest BCUT2D eigenvalue weighted by atomic mass is 16.4. The Bertz CT molecular complexity index is 345. The summed E-state index contributed by atoms with van der Waals surface area (Å²) in [4.78, 5) is 10.9. The van der Waals surface area contributed by atoms with Gasteiger partial charge >= 0.3 is 5.97 Å². The maximum atomic E-state index is 10.9. The van der Waals surface area contributed by atoms with E-state index in [4.69, 9.17) is 9.52 Å². The number of furan rings is 1. The Kier molecular flexibility index (Phi) is 2.29. The van der Waals surface area contributed by atoms with Gasteiger partial charge in [0.2, 0.25) is 0 Å². The lowest BCUT2D eigenvalue weighted by Gasteiger charge is -2.11. The second-order valence-corrected chi connectivity index (χ2v) is 3.66. The van der Waals surface area contributed by atoms with Gasteiger partial charge in [-0.05, 0) is 19.1 Å². The normalized spacial score (nSPS) is 26.6. The van der Waals surface area contributed by atoms with Crippen LogP contribution in [0.5, 0.6) is 0 Å². The van der Waals surface area contributed by atoms with Gasteiger partial charge in [0, 0.05) is 19.0 Å². The fourth-order valence-electron chi connectivity index (χ4n) is 1.89. The third kappa shape index (κ3) is 1.53. The number of aryl methyl sites for hydroxylation is 1. The average molecular weight is 195 g/mol. The van der Waals surface area contributed by atoms with Gasteiger partial charge in [-0.1, -0.05) is 0 Å². The van der Waals surface area contributed by atoms with Gasteiger partial charge in [0.15, 0.2) is 0 Å². The number of carbonyl (C=O) groups is 1. The predicted molar refractivity (Wildman–Crippen MR) is 50.2 cm³/mol. The Hall–Kier alpha value is -1.29. The van der Waals surface area contributed by atoms with Crippen LogP contribution in [0.3, 0.4) is 0 Å². The van der Waals surface area contributed by atoms with Crippen molar-refractivity contribution < 1.29 is 14.3 Å². The summed E-state index contributed by atoms with van der Waals surface area (Å²) in [6.45, 7) is 3.07. The molecular formula is C10H13NO3. The number of hydrogen-bond acceptors (Lipinski definition) is 3. The van der Waals surface area contributed by atoms with Crippen molar-refractivity contribution in [2.24, 2.45) is 5.92 Å². The highest BCUT2D eigenvalue weighted by molar-refractivity contribution is 5.72. The van der Waals surface area contributed by atoms with E-state index < -0.39 is 5.97 Å². The lowest BCUT2D eigenvalue weighted by Crippen LogP contribution is -2.20. The first-order valence-electron chi connectivity index (χ1n) is 4.68. The van der Waals surface area contributed by atoms with Gasteiger partial charge in [-0.3, -0.25) is 4.79 Å². The van der Waals surface area contributed by atoms with Gasteiger partial charge in [-0.2, -0.15) is 0 Å². The first-order valence-corrected chi connectivity index (χ1v) is 4.68. The van der Waals surface area contributed by atoms with E-state index in [0.29, 0.717) is 13.1 Å². The van der Waals surface area contributed by atoms with Gasteiger partial charge in [0.05, 0.1) is 5.92 Å². The summed E-state index contributed by atoms with van der Waals surface area (Å²) in [7, 11) is 0. The van der Waals surface area contributed by atoms with Crippen LogP contribution in [0.15, 0.2) is 16.5 Å². The number of nitrogens with one attached hydrogen (secondary N) is 1. The zero-order valence-electron chi connectivity index (χ0n) is 7.99. The first kappa shape index (κ1) is 9.27. The molecule has 0 radical (unpaired) electrons. The maximum absolute atomic E-state index is 10.9. The van der Waals surface area contributed by atoms with Crippen LogP contribution >= 0.6 is 0 Å². The van der Waals surface area contributed by atoms with Crippen LogP contribution in [0, 0.1) is 12.8 Å². The molecule has 0 amide bonds. The second kappa shape index (κ2) is 3.46. The van der Waals surface area contributed by atoms with Crippen LogP contribution in [0.25, 0.3) is 0 Å². The van der Waals surface area contributed by atoms with Gasteiger partial charge in [0.1, 0.15) is 11.5 Å². The van der Waals surface area contributed by atoms with Crippen molar-refractivity contribution in [1.82, 2.24) is 5.32 Å². The fraction of sp³-hybridized carbons (Fsp3) is 0.500. The quantitative estimate of drug-likeness (QED) is 0.738. The molecule has 2 N–H and O–H groups in total. The zero-order valence-corrected chi connectivity index (χ0v) is 7.99. The van der Waals surface area contributed by atoms with Crippen LogP contribution in [-0.4, -0.2) is 24.2 Å². The van der Waals surface area contributed by atoms with Crippen LogP contribution in [-0.2, 0) is 4.79 Å². The minimum absolute atomic E-state index is 0.0267. The molecule has 2 rings (SSSR count). The predicted octanol–water partition coefficient (Wildman–Crippen LogP) is 0.976. The smallest absolute Gasteiger partial charge is 0.308 e. The molecule has 76 valence electrons. The molecule has 0 spiro atoms. The molecule has 1 aromatic rings. The Morgan fingerprint density at radius 2 is 2.36 bits per heavy atom. The fourth-order valence-corrected chi connectivity index (χ4v) is 1.89. The third-order valence-electron chi connectivity index (χ3n) is 2.66. The molecule has 1 saturated heterocycles. The molecule has 1 fully saturated rings. The van der Waals surface area contributed by atoms with Gasteiger partial charge in [0.25, 0.3) is 0 Å². The van der Waals surface area contributed by atoms with E-state index >= 15 is 0 Å². The summed E-state index contributed by atoms with van der Waals surface area (Å²) in [6, 6.07) is 3.73. The van der Waals surface area contributed by atoms with Crippen molar-refractivity contribution in [1.29, 1.82) is 0 Å². The number of hydrogen-bond donors (Lipinski definition) is 2.